The Kier molecular flexibility index (Phi) is 2.40. The van der Waals surface area contributed by atoms with Crippen LogP contribution in [0.4, 0.5) is 5.69 Å². The maximum Gasteiger partial charge on any atom is 0.237 e. The van der Waals surface area contributed by atoms with Gasteiger partial charge in [-0.2, -0.15) is 0 Å². The lowest BCUT2D eigenvalue weighted by Gasteiger charge is -2.26. The number of hydrogen-bond donors (Lipinski definition) is 1. The molecule has 1 saturated heterocycles. The number of carbonyl (C=O) groups is 2. The molecule has 4 heteroatoms. The number of likely N-dealkylation sites (N-methyl/N-ethyl adjacent to an activating group) is 1. The van der Waals surface area contributed by atoms with E-state index in [9.17, 15) is 9.59 Å². The summed E-state index contributed by atoms with van der Waals surface area (Å²) in [5, 5.41) is 3.26. The number of likely N-dealkylation sites (tertiary alicyclic amines) is 1. The number of fused-ring (bicyclic) bond motifs is 3. The number of amides is 2. The van der Waals surface area contributed by atoms with Gasteiger partial charge in [0, 0.05) is 18.8 Å². The van der Waals surface area contributed by atoms with E-state index in [2.05, 4.69) is 5.32 Å². The molecule has 1 aromatic rings. The van der Waals surface area contributed by atoms with Crippen LogP contribution in [0.25, 0.3) is 0 Å². The predicted octanol–water partition coefficient (Wildman–Crippen LogP) is 1.51. The van der Waals surface area contributed by atoms with Crippen LogP contribution in [-0.4, -0.2) is 29.8 Å². The Morgan fingerprint density at radius 1 is 1.33 bits per heavy atom. The summed E-state index contributed by atoms with van der Waals surface area (Å²) in [5.41, 5.74) is 3.08. The molecule has 94 valence electrons. The molecule has 2 atom stereocenters. The second-order valence-electron chi connectivity index (χ2n) is 4.98. The molecular formula is C14H16N2O2. The van der Waals surface area contributed by atoms with Crippen LogP contribution < -0.4 is 5.32 Å². The molecule has 1 aromatic carbocycles. The Hall–Kier alpha value is -1.84. The van der Waals surface area contributed by atoms with Crippen LogP contribution in [0.5, 0.6) is 0 Å². The Labute approximate surface area is 106 Å². The van der Waals surface area contributed by atoms with Crippen LogP contribution in [0.2, 0.25) is 0 Å². The zero-order valence-corrected chi connectivity index (χ0v) is 10.6. The number of nitrogens with zero attached hydrogens (tertiary/aromatic N) is 1. The maximum absolute atomic E-state index is 12.3. The van der Waals surface area contributed by atoms with E-state index >= 15 is 0 Å². The smallest absolute Gasteiger partial charge is 0.237 e. The maximum atomic E-state index is 12.3. The third-order valence-electron chi connectivity index (χ3n) is 3.89. The highest BCUT2D eigenvalue weighted by Gasteiger charge is 2.49. The Bertz CT molecular complexity index is 539. The van der Waals surface area contributed by atoms with Crippen molar-refractivity contribution in [1.29, 1.82) is 0 Å². The summed E-state index contributed by atoms with van der Waals surface area (Å²) < 4.78 is 0. The minimum absolute atomic E-state index is 0.0350. The SMILES string of the molecule is CCN1C(=O)[C@H]2CNc3ccc(C)cc3[C@H]2C1=O. The molecule has 1 fully saturated rings. The number of hydrogen-bond acceptors (Lipinski definition) is 3. The normalized spacial score (nSPS) is 25.8. The fourth-order valence-electron chi connectivity index (χ4n) is 2.98. The van der Waals surface area contributed by atoms with E-state index in [0.717, 1.165) is 16.8 Å². The molecule has 1 N–H and O–H groups in total. The quantitative estimate of drug-likeness (QED) is 0.762. The van der Waals surface area contributed by atoms with Gasteiger partial charge in [-0.25, -0.2) is 0 Å². The number of carbonyl (C=O) groups excluding carboxylic acids is 2. The van der Waals surface area contributed by atoms with Crippen LogP contribution in [0, 0.1) is 12.8 Å². The topological polar surface area (TPSA) is 49.4 Å². The Balaban J connectivity index is 2.10. The van der Waals surface area contributed by atoms with E-state index in [4.69, 9.17) is 0 Å². The van der Waals surface area contributed by atoms with E-state index < -0.39 is 0 Å². The van der Waals surface area contributed by atoms with Crippen molar-refractivity contribution >= 4 is 17.5 Å². The standard InChI is InChI=1S/C14H16N2O2/c1-3-16-13(17)10-7-15-11-5-4-8(2)6-9(11)12(10)14(16)18/h4-6,10,12,15H,3,7H2,1-2H3/t10-,12+/m0/s1. The number of imide groups is 1. The van der Waals surface area contributed by atoms with E-state index in [1.807, 2.05) is 32.0 Å². The Morgan fingerprint density at radius 2 is 2.11 bits per heavy atom. The van der Waals surface area contributed by atoms with Crippen molar-refractivity contribution in [2.75, 3.05) is 18.4 Å². The molecule has 3 rings (SSSR count). The highest BCUT2D eigenvalue weighted by atomic mass is 16.2. The third-order valence-corrected chi connectivity index (χ3v) is 3.89. The zero-order chi connectivity index (χ0) is 12.9. The summed E-state index contributed by atoms with van der Waals surface area (Å²) in [6.07, 6.45) is 0. The van der Waals surface area contributed by atoms with E-state index in [-0.39, 0.29) is 23.7 Å². The van der Waals surface area contributed by atoms with Gasteiger partial charge in [-0.15, -0.1) is 0 Å². The van der Waals surface area contributed by atoms with Crippen molar-refractivity contribution in [3.63, 3.8) is 0 Å². The Morgan fingerprint density at radius 3 is 2.83 bits per heavy atom. The minimum Gasteiger partial charge on any atom is -0.384 e. The molecule has 2 aliphatic heterocycles. The van der Waals surface area contributed by atoms with Crippen LogP contribution in [0.1, 0.15) is 24.0 Å². The highest BCUT2D eigenvalue weighted by molar-refractivity contribution is 6.09. The molecule has 0 bridgehead atoms. The molecule has 18 heavy (non-hydrogen) atoms. The second kappa shape index (κ2) is 3.83. The average molecular weight is 244 g/mol. The predicted molar refractivity (Wildman–Crippen MR) is 68.3 cm³/mol. The number of rotatable bonds is 1. The summed E-state index contributed by atoms with van der Waals surface area (Å²) in [5.74, 6) is -0.589. The lowest BCUT2D eigenvalue weighted by molar-refractivity contribution is -0.139. The van der Waals surface area contributed by atoms with Gasteiger partial charge in [0.05, 0.1) is 11.8 Å². The molecule has 0 unspecified atom stereocenters. The lowest BCUT2D eigenvalue weighted by Crippen LogP contribution is -2.32. The van der Waals surface area contributed by atoms with Crippen molar-refractivity contribution in [3.8, 4) is 0 Å². The first kappa shape index (κ1) is 11.3. The van der Waals surface area contributed by atoms with Crippen molar-refractivity contribution in [2.24, 2.45) is 5.92 Å². The molecule has 0 radical (unpaired) electrons. The molecule has 0 aromatic heterocycles. The van der Waals surface area contributed by atoms with E-state index in [0.29, 0.717) is 13.1 Å². The van der Waals surface area contributed by atoms with E-state index in [1.54, 1.807) is 0 Å². The van der Waals surface area contributed by atoms with Gasteiger partial charge in [0.15, 0.2) is 0 Å². The van der Waals surface area contributed by atoms with Crippen molar-refractivity contribution in [1.82, 2.24) is 4.90 Å². The summed E-state index contributed by atoms with van der Waals surface area (Å²) >= 11 is 0. The number of anilines is 1. The van der Waals surface area contributed by atoms with Gasteiger partial charge in [0.25, 0.3) is 0 Å². The largest absolute Gasteiger partial charge is 0.384 e. The second-order valence-corrected chi connectivity index (χ2v) is 4.98. The van der Waals surface area contributed by atoms with Crippen LogP contribution >= 0.6 is 0 Å². The minimum atomic E-state index is -0.284. The molecule has 0 spiro atoms. The van der Waals surface area contributed by atoms with E-state index in [1.165, 1.54) is 4.90 Å². The van der Waals surface area contributed by atoms with Gasteiger partial charge in [-0.05, 0) is 25.5 Å². The van der Waals surface area contributed by atoms with Crippen LogP contribution in [0.3, 0.4) is 0 Å². The fourth-order valence-corrected chi connectivity index (χ4v) is 2.98. The molecule has 0 saturated carbocycles. The molecule has 2 amide bonds. The van der Waals surface area contributed by atoms with Gasteiger partial charge < -0.3 is 5.32 Å². The third kappa shape index (κ3) is 1.38. The van der Waals surface area contributed by atoms with Crippen molar-refractivity contribution < 1.29 is 9.59 Å². The lowest BCUT2D eigenvalue weighted by atomic mass is 9.83. The molecule has 0 aliphatic carbocycles. The average Bonchev–Trinajstić information content (AvgIpc) is 2.61. The number of nitrogens with one attached hydrogen (secondary N) is 1. The van der Waals surface area contributed by atoms with Crippen LogP contribution in [0.15, 0.2) is 18.2 Å². The van der Waals surface area contributed by atoms with Gasteiger partial charge in [-0.3, -0.25) is 14.5 Å². The van der Waals surface area contributed by atoms with Gasteiger partial charge >= 0.3 is 0 Å². The fraction of sp³-hybridized carbons (Fsp3) is 0.429. The monoisotopic (exact) mass is 244 g/mol. The van der Waals surface area contributed by atoms with Crippen molar-refractivity contribution in [2.45, 2.75) is 19.8 Å². The van der Waals surface area contributed by atoms with Crippen molar-refractivity contribution in [3.05, 3.63) is 29.3 Å². The first-order valence-corrected chi connectivity index (χ1v) is 6.33. The summed E-state index contributed by atoms with van der Waals surface area (Å²) in [6.45, 7) is 4.87. The molecular weight excluding hydrogens is 228 g/mol. The number of benzene rings is 1. The summed E-state index contributed by atoms with van der Waals surface area (Å²) in [4.78, 5) is 25.9. The van der Waals surface area contributed by atoms with Gasteiger partial charge in [0.1, 0.15) is 0 Å². The first-order valence-electron chi connectivity index (χ1n) is 6.33. The number of aryl methyl sites for hydroxylation is 1. The zero-order valence-electron chi connectivity index (χ0n) is 10.6. The summed E-state index contributed by atoms with van der Waals surface area (Å²) in [7, 11) is 0. The molecule has 4 nitrogen and oxygen atoms in total. The molecule has 2 aliphatic rings. The highest BCUT2D eigenvalue weighted by Crippen LogP contribution is 2.41. The first-order chi connectivity index (χ1) is 8.63. The van der Waals surface area contributed by atoms with Gasteiger partial charge in [-0.1, -0.05) is 17.7 Å². The summed E-state index contributed by atoms with van der Waals surface area (Å²) in [6, 6.07) is 6.03. The molecule has 2 heterocycles. The van der Waals surface area contributed by atoms with Gasteiger partial charge in [0.2, 0.25) is 11.8 Å². The van der Waals surface area contributed by atoms with Crippen LogP contribution in [-0.2, 0) is 9.59 Å².